The second-order valence-corrected chi connectivity index (χ2v) is 11.8. The molecule has 2 saturated heterocycles. The third-order valence-electron chi connectivity index (χ3n) is 8.04. The highest BCUT2D eigenvalue weighted by atomic mass is 32.1. The minimum atomic E-state index is -0.359. The van der Waals surface area contributed by atoms with Crippen LogP contribution >= 0.6 is 11.3 Å². The molecule has 11 heteroatoms. The van der Waals surface area contributed by atoms with Crippen LogP contribution in [0.4, 0.5) is 5.13 Å². The molecule has 2 aromatic carbocycles. The number of amides is 2. The second kappa shape index (κ2) is 13.0. The number of likely N-dealkylation sites (N-methyl/N-ethyl adjacent to an activating group) is 1. The Kier molecular flexibility index (Phi) is 9.20. The van der Waals surface area contributed by atoms with Crippen molar-refractivity contribution in [3.8, 4) is 11.5 Å². The number of hydrogen-bond donors (Lipinski definition) is 0. The Morgan fingerprint density at radius 1 is 1.05 bits per heavy atom. The van der Waals surface area contributed by atoms with Crippen molar-refractivity contribution in [2.75, 3.05) is 51.9 Å². The van der Waals surface area contributed by atoms with Crippen LogP contribution < -0.4 is 14.6 Å². The summed E-state index contributed by atoms with van der Waals surface area (Å²) < 4.78 is 6.38. The number of fused-ring (bicyclic) bond motifs is 1. The Morgan fingerprint density at radius 2 is 1.81 bits per heavy atom. The van der Waals surface area contributed by atoms with Gasteiger partial charge in [0.05, 0.1) is 22.9 Å². The highest BCUT2D eigenvalue weighted by Gasteiger charge is 2.30. The van der Waals surface area contributed by atoms with Crippen molar-refractivity contribution in [3.05, 3.63) is 60.2 Å². The second-order valence-electron chi connectivity index (χ2n) is 10.8. The number of thiazole rings is 1. The number of hydroxylamine groups is 1. The first-order valence-electron chi connectivity index (χ1n) is 14.2. The number of carbonyl (C=O) groups excluding carboxylic acids is 3. The van der Waals surface area contributed by atoms with Crippen LogP contribution in [0.2, 0.25) is 0 Å². The number of ether oxygens (including phenoxy) is 1. The van der Waals surface area contributed by atoms with E-state index in [0.29, 0.717) is 36.1 Å². The average molecular weight is 592 g/mol. The van der Waals surface area contributed by atoms with Gasteiger partial charge in [-0.2, -0.15) is 0 Å². The van der Waals surface area contributed by atoms with Gasteiger partial charge < -0.3 is 19.4 Å². The number of allylic oxidation sites excluding steroid dienone is 1. The normalized spacial score (nSPS) is 18.9. The van der Waals surface area contributed by atoms with E-state index < -0.39 is 0 Å². The Bertz CT molecular complexity index is 1450. The highest BCUT2D eigenvalue weighted by molar-refractivity contribution is 7.22. The molecule has 0 bridgehead atoms. The van der Waals surface area contributed by atoms with E-state index in [-0.39, 0.29) is 28.9 Å². The number of aromatic nitrogens is 1. The summed E-state index contributed by atoms with van der Waals surface area (Å²) in [5.74, 6) is -0.306. The van der Waals surface area contributed by atoms with Crippen LogP contribution in [0.5, 0.6) is 11.5 Å². The zero-order valence-corrected chi connectivity index (χ0v) is 25.3. The maximum atomic E-state index is 13.0. The molecule has 0 saturated carbocycles. The minimum absolute atomic E-state index is 0.166. The lowest BCUT2D eigenvalue weighted by atomic mass is 10.0. The molecule has 3 aromatic rings. The van der Waals surface area contributed by atoms with Gasteiger partial charge in [-0.1, -0.05) is 23.5 Å². The van der Waals surface area contributed by atoms with Crippen molar-refractivity contribution >= 4 is 44.3 Å². The Labute approximate surface area is 250 Å². The maximum Gasteiger partial charge on any atom is 0.259 e. The first-order chi connectivity index (χ1) is 20.2. The molecular weight excluding hydrogens is 554 g/mol. The van der Waals surface area contributed by atoms with Crippen LogP contribution in [0.1, 0.15) is 37.0 Å². The Balaban J connectivity index is 1.20. The van der Waals surface area contributed by atoms with Crippen molar-refractivity contribution in [1.29, 1.82) is 0 Å². The summed E-state index contributed by atoms with van der Waals surface area (Å²) in [6, 6.07) is 13.3. The van der Waals surface area contributed by atoms with Crippen molar-refractivity contribution in [2.45, 2.75) is 38.8 Å². The van der Waals surface area contributed by atoms with Crippen LogP contribution in [0.3, 0.4) is 0 Å². The fraction of sp³-hybridized carbons (Fsp3) is 0.419. The zero-order chi connectivity index (χ0) is 29.8. The SMILES string of the molecule is COc1cc(ON(C(C)=O)c2nc3ccccc3s2)ccc1C(=O)C=CC(=O)N1CCC(N2CCN(C)C(C)C2)CC1. The molecule has 2 aliphatic rings. The summed E-state index contributed by atoms with van der Waals surface area (Å²) in [4.78, 5) is 55.4. The van der Waals surface area contributed by atoms with Gasteiger partial charge in [-0.3, -0.25) is 19.3 Å². The smallest absolute Gasteiger partial charge is 0.259 e. The van der Waals surface area contributed by atoms with E-state index in [1.165, 1.54) is 43.6 Å². The van der Waals surface area contributed by atoms with Crippen molar-refractivity contribution in [2.24, 2.45) is 0 Å². The minimum Gasteiger partial charge on any atom is -0.496 e. The number of benzene rings is 2. The van der Waals surface area contributed by atoms with Crippen LogP contribution in [-0.2, 0) is 9.59 Å². The Hall–Kier alpha value is -3.80. The molecule has 2 aliphatic heterocycles. The van der Waals surface area contributed by atoms with Crippen molar-refractivity contribution in [3.63, 3.8) is 0 Å². The van der Waals surface area contributed by atoms with Gasteiger partial charge in [0.1, 0.15) is 5.75 Å². The Morgan fingerprint density at radius 3 is 2.50 bits per heavy atom. The summed E-state index contributed by atoms with van der Waals surface area (Å²) in [5, 5.41) is 1.51. The monoisotopic (exact) mass is 591 g/mol. The lowest BCUT2D eigenvalue weighted by Gasteiger charge is -2.44. The molecule has 0 radical (unpaired) electrons. The third-order valence-corrected chi connectivity index (χ3v) is 9.04. The number of nitrogens with zero attached hydrogens (tertiary/aromatic N) is 5. The van der Waals surface area contributed by atoms with Gasteiger partial charge in [0.2, 0.25) is 11.0 Å². The molecule has 0 aliphatic carbocycles. The van der Waals surface area contributed by atoms with E-state index in [2.05, 4.69) is 28.8 Å². The van der Waals surface area contributed by atoms with E-state index in [4.69, 9.17) is 9.57 Å². The van der Waals surface area contributed by atoms with Crippen LogP contribution in [0.15, 0.2) is 54.6 Å². The van der Waals surface area contributed by atoms with E-state index in [9.17, 15) is 14.4 Å². The summed E-state index contributed by atoms with van der Waals surface area (Å²) in [6.45, 7) is 8.20. The molecule has 222 valence electrons. The van der Waals surface area contributed by atoms with Crippen LogP contribution in [0.25, 0.3) is 10.2 Å². The van der Waals surface area contributed by atoms with Crippen molar-refractivity contribution in [1.82, 2.24) is 19.7 Å². The number of ketones is 1. The molecule has 1 atom stereocenters. The van der Waals surface area contributed by atoms with Gasteiger partial charge in [-0.25, -0.2) is 4.98 Å². The van der Waals surface area contributed by atoms with Gasteiger partial charge in [-0.15, -0.1) is 5.06 Å². The summed E-state index contributed by atoms with van der Waals surface area (Å²) in [7, 11) is 3.62. The number of piperazine rings is 1. The van der Waals surface area contributed by atoms with Gasteiger partial charge >= 0.3 is 0 Å². The molecule has 1 unspecified atom stereocenters. The molecule has 5 rings (SSSR count). The fourth-order valence-corrected chi connectivity index (χ4v) is 6.38. The number of methoxy groups -OCH3 is 1. The molecular formula is C31H37N5O5S. The molecule has 3 heterocycles. The standard InChI is InChI=1S/C31H37N5O5S/c1-21-20-35(18-17-33(21)3)23-13-15-34(16-14-23)30(39)12-11-27(38)25-10-9-24(19-28(25)40-4)41-36(22(2)37)31-32-26-7-5-6-8-29(26)42-31/h5-12,19,21,23H,13-18,20H2,1-4H3. The number of likely N-dealkylation sites (tertiary alicyclic amines) is 1. The molecule has 1 aromatic heterocycles. The van der Waals surface area contributed by atoms with Gasteiger partial charge in [0.15, 0.2) is 11.5 Å². The van der Waals surface area contributed by atoms with E-state index >= 15 is 0 Å². The van der Waals surface area contributed by atoms with Crippen molar-refractivity contribution < 1.29 is 24.0 Å². The predicted molar refractivity (Wildman–Crippen MR) is 163 cm³/mol. The first kappa shape index (κ1) is 29.7. The molecule has 42 heavy (non-hydrogen) atoms. The fourth-order valence-electron chi connectivity index (χ4n) is 5.42. The van der Waals surface area contributed by atoms with Gasteiger partial charge in [0, 0.05) is 63.9 Å². The highest BCUT2D eigenvalue weighted by Crippen LogP contribution is 2.31. The largest absolute Gasteiger partial charge is 0.496 e. The molecule has 2 fully saturated rings. The van der Waals surface area contributed by atoms with E-state index in [1.807, 2.05) is 29.2 Å². The zero-order valence-electron chi connectivity index (χ0n) is 24.5. The predicted octanol–water partition coefficient (Wildman–Crippen LogP) is 4.02. The molecule has 0 N–H and O–H groups in total. The summed E-state index contributed by atoms with van der Waals surface area (Å²) >= 11 is 1.33. The number of carbonyl (C=O) groups is 3. The molecule has 10 nitrogen and oxygen atoms in total. The number of hydrogen-bond acceptors (Lipinski definition) is 9. The summed E-state index contributed by atoms with van der Waals surface area (Å²) in [6.07, 6.45) is 4.51. The van der Waals surface area contributed by atoms with Crippen LogP contribution in [-0.4, -0.2) is 96.2 Å². The summed E-state index contributed by atoms with van der Waals surface area (Å²) in [5.41, 5.74) is 1.05. The number of rotatable bonds is 8. The molecule has 2 amide bonds. The number of anilines is 1. The maximum absolute atomic E-state index is 13.0. The van der Waals surface area contributed by atoms with E-state index in [1.54, 1.807) is 12.1 Å². The first-order valence-corrected chi connectivity index (χ1v) is 15.0. The quantitative estimate of drug-likeness (QED) is 0.220. The van der Waals surface area contributed by atoms with Gasteiger partial charge in [-0.05, 0) is 57.2 Å². The average Bonchev–Trinajstić information content (AvgIpc) is 3.43. The number of para-hydroxylation sites is 1. The van der Waals surface area contributed by atoms with Crippen LogP contribution in [0, 0.1) is 0 Å². The van der Waals surface area contributed by atoms with Gasteiger partial charge in [0.25, 0.3) is 5.91 Å². The lowest BCUT2D eigenvalue weighted by molar-refractivity contribution is -0.127. The van der Waals surface area contributed by atoms with E-state index in [0.717, 1.165) is 47.8 Å². The molecule has 0 spiro atoms. The topological polar surface area (TPSA) is 95.5 Å². The third kappa shape index (κ3) is 6.64. The lowest BCUT2D eigenvalue weighted by Crippen LogP contribution is -2.55. The number of piperidine rings is 1.